The monoisotopic (exact) mass is 421 g/mol. The molecular formula is C18H17F6N3O2. The van der Waals surface area contributed by atoms with Crippen LogP contribution in [0.4, 0.5) is 37.8 Å². The number of alkyl halides is 6. The molecule has 3 aromatic rings. The molecule has 29 heavy (non-hydrogen) atoms. The van der Waals surface area contributed by atoms with Crippen LogP contribution in [0.5, 0.6) is 0 Å². The van der Waals surface area contributed by atoms with E-state index in [1.54, 1.807) is 19.1 Å². The average Bonchev–Trinajstić information content (AvgIpc) is 2.55. The number of fused-ring (bicyclic) bond motifs is 1. The molecule has 11 heteroatoms. The summed E-state index contributed by atoms with van der Waals surface area (Å²) >= 11 is 0. The number of nitrogens with zero attached hydrogens (tertiary/aromatic N) is 2. The highest BCUT2D eigenvalue weighted by atomic mass is 19.4. The minimum Gasteiger partial charge on any atom is -0.412 e. The maximum Gasteiger partial charge on any atom is 0.418 e. The van der Waals surface area contributed by atoms with Gasteiger partial charge in [0.15, 0.2) is 0 Å². The van der Waals surface area contributed by atoms with Gasteiger partial charge < -0.3 is 16.3 Å². The molecule has 0 aliphatic heterocycles. The highest BCUT2D eigenvalue weighted by Gasteiger charge is 2.37. The van der Waals surface area contributed by atoms with Crippen molar-refractivity contribution in [3.05, 3.63) is 58.9 Å². The first-order chi connectivity index (χ1) is 12.5. The van der Waals surface area contributed by atoms with Crippen LogP contribution in [0.2, 0.25) is 0 Å². The van der Waals surface area contributed by atoms with E-state index in [4.69, 9.17) is 0 Å². The molecule has 0 aliphatic carbocycles. The molecule has 0 spiro atoms. The van der Waals surface area contributed by atoms with Crippen molar-refractivity contribution in [1.82, 2.24) is 9.97 Å². The minimum atomic E-state index is -4.83. The molecule has 0 saturated carbocycles. The zero-order valence-electron chi connectivity index (χ0n) is 15.1. The fourth-order valence-electron chi connectivity index (χ4n) is 2.61. The smallest absolute Gasteiger partial charge is 0.412 e. The Morgan fingerprint density at radius 1 is 0.793 bits per heavy atom. The Morgan fingerprint density at radius 2 is 1.41 bits per heavy atom. The lowest BCUT2D eigenvalue weighted by Crippen LogP contribution is -2.12. The van der Waals surface area contributed by atoms with Crippen LogP contribution in [-0.4, -0.2) is 20.9 Å². The van der Waals surface area contributed by atoms with Crippen molar-refractivity contribution in [2.45, 2.75) is 26.2 Å². The summed E-state index contributed by atoms with van der Waals surface area (Å²) in [5, 5.41) is 2.82. The molecule has 3 rings (SSSR count). The molecule has 0 atom stereocenters. The van der Waals surface area contributed by atoms with E-state index in [0.717, 1.165) is 17.5 Å². The molecule has 0 bridgehead atoms. The van der Waals surface area contributed by atoms with Crippen molar-refractivity contribution in [2.75, 3.05) is 5.32 Å². The van der Waals surface area contributed by atoms with Gasteiger partial charge >= 0.3 is 12.4 Å². The van der Waals surface area contributed by atoms with Gasteiger partial charge in [-0.1, -0.05) is 0 Å². The molecule has 1 heterocycles. The zero-order chi connectivity index (χ0) is 20.0. The summed E-state index contributed by atoms with van der Waals surface area (Å²) in [6, 6.07) is 4.64. The number of aryl methyl sites for hydroxylation is 2. The van der Waals surface area contributed by atoms with Crippen molar-refractivity contribution < 1.29 is 37.3 Å². The summed E-state index contributed by atoms with van der Waals surface area (Å²) in [5.74, 6) is -0.00655. The molecule has 5 nitrogen and oxygen atoms in total. The second-order valence-electron chi connectivity index (χ2n) is 6.06. The second-order valence-corrected chi connectivity index (χ2v) is 6.06. The average molecular weight is 421 g/mol. The molecule has 0 amide bonds. The molecule has 0 unspecified atom stereocenters. The minimum absolute atomic E-state index is 0. The quantitative estimate of drug-likeness (QED) is 0.622. The van der Waals surface area contributed by atoms with E-state index < -0.39 is 29.2 Å². The van der Waals surface area contributed by atoms with Gasteiger partial charge in [0.1, 0.15) is 12.1 Å². The Labute approximate surface area is 161 Å². The summed E-state index contributed by atoms with van der Waals surface area (Å²) < 4.78 is 78.6. The SMILES string of the molecule is Cc1cc2ncnc(Nc3cc(C(F)(F)F)ccc3C(F)(F)F)c2cc1C.O.O. The first-order valence-corrected chi connectivity index (χ1v) is 7.74. The predicted molar refractivity (Wildman–Crippen MR) is 96.0 cm³/mol. The third kappa shape index (κ3) is 4.93. The fraction of sp³-hybridized carbons (Fsp3) is 0.222. The van der Waals surface area contributed by atoms with E-state index in [2.05, 4.69) is 15.3 Å². The Morgan fingerprint density at radius 3 is 2.00 bits per heavy atom. The van der Waals surface area contributed by atoms with Crippen molar-refractivity contribution >= 4 is 22.4 Å². The highest BCUT2D eigenvalue weighted by Crippen LogP contribution is 2.40. The standard InChI is InChI=1S/C18H13F6N3.2H2O/c1-9-5-12-14(6-10(9)2)25-8-26-16(12)27-15-7-11(17(19,20)21)3-4-13(15)18(22,23)24;;/h3-8H,1-2H3,(H,25,26,27);2*1H2. The number of anilines is 2. The maximum absolute atomic E-state index is 13.3. The third-order valence-corrected chi connectivity index (χ3v) is 4.16. The molecule has 0 aliphatic rings. The number of hydrogen-bond donors (Lipinski definition) is 1. The predicted octanol–water partition coefficient (Wildman–Crippen LogP) is 4.38. The number of rotatable bonds is 2. The van der Waals surface area contributed by atoms with Gasteiger partial charge in [-0.2, -0.15) is 26.3 Å². The molecule has 2 aromatic carbocycles. The topological polar surface area (TPSA) is 101 Å². The number of benzene rings is 2. The lowest BCUT2D eigenvalue weighted by atomic mass is 10.1. The van der Waals surface area contributed by atoms with Crippen LogP contribution in [-0.2, 0) is 12.4 Å². The lowest BCUT2D eigenvalue weighted by molar-refractivity contribution is -0.140. The Hall–Kier alpha value is -2.92. The lowest BCUT2D eigenvalue weighted by Gasteiger charge is -2.17. The second kappa shape index (κ2) is 8.21. The van der Waals surface area contributed by atoms with Crippen LogP contribution < -0.4 is 5.32 Å². The van der Waals surface area contributed by atoms with Crippen LogP contribution in [0.25, 0.3) is 10.9 Å². The number of hydrogen-bond acceptors (Lipinski definition) is 3. The first kappa shape index (κ1) is 24.1. The van der Waals surface area contributed by atoms with Crippen LogP contribution in [0.1, 0.15) is 22.3 Å². The molecular weight excluding hydrogens is 404 g/mol. The third-order valence-electron chi connectivity index (χ3n) is 4.16. The van der Waals surface area contributed by atoms with E-state index >= 15 is 0 Å². The van der Waals surface area contributed by atoms with Gasteiger partial charge in [0.2, 0.25) is 0 Å². The molecule has 0 radical (unpaired) electrons. The number of halogens is 6. The van der Waals surface area contributed by atoms with Crippen molar-refractivity contribution in [2.24, 2.45) is 0 Å². The summed E-state index contributed by atoms with van der Waals surface area (Å²) in [7, 11) is 0. The van der Waals surface area contributed by atoms with Gasteiger partial charge in [-0.05, 0) is 55.3 Å². The van der Waals surface area contributed by atoms with Crippen LogP contribution in [0.3, 0.4) is 0 Å². The van der Waals surface area contributed by atoms with E-state index in [-0.39, 0.29) is 16.8 Å². The number of aromatic nitrogens is 2. The van der Waals surface area contributed by atoms with E-state index in [9.17, 15) is 26.3 Å². The maximum atomic E-state index is 13.3. The molecule has 0 fully saturated rings. The van der Waals surface area contributed by atoms with Gasteiger partial charge in [0.25, 0.3) is 0 Å². The Balaban J connectivity index is 0.00000210. The largest absolute Gasteiger partial charge is 0.418 e. The molecule has 1 aromatic heterocycles. The summed E-state index contributed by atoms with van der Waals surface area (Å²) in [5.41, 5.74) is -0.899. The Kier molecular flexibility index (Phi) is 6.83. The fourth-order valence-corrected chi connectivity index (χ4v) is 2.61. The normalized spacial score (nSPS) is 11.6. The number of nitrogens with one attached hydrogen (secondary N) is 1. The van der Waals surface area contributed by atoms with Crippen molar-refractivity contribution in [1.29, 1.82) is 0 Å². The Bertz CT molecular complexity index is 1020. The van der Waals surface area contributed by atoms with Gasteiger partial charge in [0, 0.05) is 5.39 Å². The summed E-state index contributed by atoms with van der Waals surface area (Å²) in [6.45, 7) is 3.65. The summed E-state index contributed by atoms with van der Waals surface area (Å²) in [4.78, 5) is 7.98. The molecule has 5 N–H and O–H groups in total. The van der Waals surface area contributed by atoms with Gasteiger partial charge in [0.05, 0.1) is 22.3 Å². The van der Waals surface area contributed by atoms with Gasteiger partial charge in [-0.25, -0.2) is 9.97 Å². The van der Waals surface area contributed by atoms with Crippen LogP contribution in [0, 0.1) is 13.8 Å². The van der Waals surface area contributed by atoms with Crippen molar-refractivity contribution in [3.8, 4) is 0 Å². The molecule has 0 saturated heterocycles. The van der Waals surface area contributed by atoms with Gasteiger partial charge in [-0.3, -0.25) is 0 Å². The van der Waals surface area contributed by atoms with Crippen LogP contribution >= 0.6 is 0 Å². The van der Waals surface area contributed by atoms with E-state index in [1.807, 2.05) is 6.92 Å². The zero-order valence-corrected chi connectivity index (χ0v) is 15.1. The van der Waals surface area contributed by atoms with E-state index in [0.29, 0.717) is 29.1 Å². The van der Waals surface area contributed by atoms with Gasteiger partial charge in [-0.15, -0.1) is 0 Å². The first-order valence-electron chi connectivity index (χ1n) is 7.74. The summed E-state index contributed by atoms with van der Waals surface area (Å²) in [6.07, 6.45) is -8.47. The van der Waals surface area contributed by atoms with Crippen molar-refractivity contribution in [3.63, 3.8) is 0 Å². The van der Waals surface area contributed by atoms with E-state index in [1.165, 1.54) is 0 Å². The highest BCUT2D eigenvalue weighted by molar-refractivity contribution is 5.92. The molecule has 158 valence electrons. The van der Waals surface area contributed by atoms with Crippen LogP contribution in [0.15, 0.2) is 36.7 Å².